The number of carbonyl (C=O) groups excluding carboxylic acids is 2. The predicted octanol–water partition coefficient (Wildman–Crippen LogP) is 3.19. The van der Waals surface area contributed by atoms with Crippen molar-refractivity contribution in [2.75, 3.05) is 11.9 Å². The number of hydrogen-bond donors (Lipinski definition) is 1. The van der Waals surface area contributed by atoms with Gasteiger partial charge in [-0.05, 0) is 36.4 Å². The molecule has 0 fully saturated rings. The molecule has 126 valence electrons. The van der Waals surface area contributed by atoms with Gasteiger partial charge in [0.1, 0.15) is 0 Å². The number of aromatic nitrogens is 2. The number of anilines is 1. The first-order chi connectivity index (χ1) is 12.1. The van der Waals surface area contributed by atoms with Crippen LogP contribution in [0.25, 0.3) is 11.5 Å². The van der Waals surface area contributed by atoms with Crippen LogP contribution in [0.3, 0.4) is 0 Å². The second-order valence-corrected chi connectivity index (χ2v) is 5.35. The molecule has 1 amide bonds. The number of amides is 1. The Bertz CT molecular complexity index is 878. The molecule has 1 heterocycles. The normalized spacial score (nSPS) is 10.3. The average Bonchev–Trinajstić information content (AvgIpc) is 3.09. The third-order valence-electron chi connectivity index (χ3n) is 3.11. The van der Waals surface area contributed by atoms with Crippen LogP contribution in [0.1, 0.15) is 10.4 Å². The number of rotatable bonds is 5. The van der Waals surface area contributed by atoms with Crippen molar-refractivity contribution >= 4 is 29.5 Å². The molecule has 0 saturated heterocycles. The van der Waals surface area contributed by atoms with Crippen LogP contribution < -0.4 is 5.32 Å². The van der Waals surface area contributed by atoms with Gasteiger partial charge < -0.3 is 9.15 Å². The second-order valence-electron chi connectivity index (χ2n) is 4.91. The van der Waals surface area contributed by atoms with Crippen LogP contribution in [0.2, 0.25) is 5.02 Å². The van der Waals surface area contributed by atoms with Crippen molar-refractivity contribution < 1.29 is 18.7 Å². The van der Waals surface area contributed by atoms with Crippen LogP contribution in [0.15, 0.2) is 59.0 Å². The summed E-state index contributed by atoms with van der Waals surface area (Å²) in [6.07, 6.45) is 0. The number of nitrogens with zero attached hydrogens (tertiary/aromatic N) is 2. The molecule has 0 aliphatic rings. The van der Waals surface area contributed by atoms with Crippen molar-refractivity contribution in [3.8, 4) is 11.5 Å². The highest BCUT2D eigenvalue weighted by Crippen LogP contribution is 2.19. The lowest BCUT2D eigenvalue weighted by molar-refractivity contribution is -0.119. The lowest BCUT2D eigenvalue weighted by Crippen LogP contribution is -2.21. The molecule has 7 nitrogen and oxygen atoms in total. The minimum atomic E-state index is -0.637. The fraction of sp³-hybridized carbons (Fsp3) is 0.0588. The van der Waals surface area contributed by atoms with E-state index in [1.165, 1.54) is 12.1 Å². The highest BCUT2D eigenvalue weighted by Gasteiger charge is 2.14. The molecule has 0 atom stereocenters. The molecule has 8 heteroatoms. The van der Waals surface area contributed by atoms with Crippen LogP contribution in [0.5, 0.6) is 0 Å². The summed E-state index contributed by atoms with van der Waals surface area (Å²) in [6, 6.07) is 15.2. The van der Waals surface area contributed by atoms with Gasteiger partial charge in [0.05, 0.1) is 5.56 Å². The molecule has 0 spiro atoms. The van der Waals surface area contributed by atoms with Crippen LogP contribution >= 0.6 is 11.6 Å². The molecule has 1 N–H and O–H groups in total. The van der Waals surface area contributed by atoms with E-state index in [0.717, 1.165) is 5.56 Å². The maximum Gasteiger partial charge on any atom is 0.338 e. The first-order valence-corrected chi connectivity index (χ1v) is 7.61. The smallest absolute Gasteiger partial charge is 0.338 e. The largest absolute Gasteiger partial charge is 0.452 e. The Morgan fingerprint density at radius 2 is 1.76 bits per heavy atom. The van der Waals surface area contributed by atoms with Gasteiger partial charge >= 0.3 is 12.0 Å². The summed E-state index contributed by atoms with van der Waals surface area (Å²) < 4.78 is 10.2. The maximum atomic E-state index is 11.8. The van der Waals surface area contributed by atoms with Crippen LogP contribution in [0, 0.1) is 0 Å². The predicted molar refractivity (Wildman–Crippen MR) is 90.1 cm³/mol. The summed E-state index contributed by atoms with van der Waals surface area (Å²) in [7, 11) is 0. The zero-order valence-electron chi connectivity index (χ0n) is 12.8. The minimum absolute atomic E-state index is 0.0774. The van der Waals surface area contributed by atoms with E-state index >= 15 is 0 Å². The Kier molecular flexibility index (Phi) is 5.06. The van der Waals surface area contributed by atoms with Gasteiger partial charge in [-0.25, -0.2) is 4.79 Å². The highest BCUT2D eigenvalue weighted by atomic mass is 35.5. The van der Waals surface area contributed by atoms with Crippen LogP contribution in [0.4, 0.5) is 6.01 Å². The van der Waals surface area contributed by atoms with Crippen molar-refractivity contribution in [1.29, 1.82) is 0 Å². The molecule has 3 aromatic rings. The number of nitrogens with one attached hydrogen (secondary N) is 1. The fourth-order valence-electron chi connectivity index (χ4n) is 1.93. The number of ether oxygens (including phenoxy) is 1. The van der Waals surface area contributed by atoms with Crippen LogP contribution in [-0.4, -0.2) is 28.7 Å². The summed E-state index contributed by atoms with van der Waals surface area (Å²) >= 11 is 5.74. The zero-order chi connectivity index (χ0) is 17.6. The number of halogens is 1. The lowest BCUT2D eigenvalue weighted by Gasteiger charge is -2.04. The van der Waals surface area contributed by atoms with E-state index in [0.29, 0.717) is 10.6 Å². The van der Waals surface area contributed by atoms with Crippen LogP contribution in [-0.2, 0) is 9.53 Å². The quantitative estimate of drug-likeness (QED) is 0.705. The number of hydrogen-bond acceptors (Lipinski definition) is 6. The van der Waals surface area contributed by atoms with Gasteiger partial charge in [0.25, 0.3) is 5.91 Å². The molecule has 0 unspecified atom stereocenters. The Labute approximate surface area is 147 Å². The third kappa shape index (κ3) is 4.42. The summed E-state index contributed by atoms with van der Waals surface area (Å²) in [6.45, 7) is -0.482. The summed E-state index contributed by atoms with van der Waals surface area (Å²) in [5.74, 6) is -0.957. The standard InChI is InChI=1S/C17H12ClN3O4/c18-13-8-6-12(7-9-13)16(23)24-10-14(22)19-17-21-20-15(25-17)11-4-2-1-3-5-11/h1-9H,10H2,(H,19,21,22). The highest BCUT2D eigenvalue weighted by molar-refractivity contribution is 6.30. The van der Waals surface area contributed by atoms with Gasteiger partial charge in [-0.1, -0.05) is 34.9 Å². The van der Waals surface area contributed by atoms with Crippen molar-refractivity contribution in [2.45, 2.75) is 0 Å². The van der Waals surface area contributed by atoms with Gasteiger partial charge in [0.15, 0.2) is 6.61 Å². The Morgan fingerprint density at radius 3 is 2.48 bits per heavy atom. The van der Waals surface area contributed by atoms with E-state index < -0.39 is 18.5 Å². The lowest BCUT2D eigenvalue weighted by atomic mass is 10.2. The molecular formula is C17H12ClN3O4. The second kappa shape index (κ2) is 7.59. The first-order valence-electron chi connectivity index (χ1n) is 7.23. The molecule has 0 radical (unpaired) electrons. The maximum absolute atomic E-state index is 11.8. The van der Waals surface area contributed by atoms with E-state index in [2.05, 4.69) is 15.5 Å². The monoisotopic (exact) mass is 357 g/mol. The van der Waals surface area contributed by atoms with Gasteiger partial charge in [-0.2, -0.15) is 0 Å². The van der Waals surface area contributed by atoms with Crippen molar-refractivity contribution in [1.82, 2.24) is 10.2 Å². The molecule has 0 saturated carbocycles. The van der Waals surface area contributed by atoms with Crippen molar-refractivity contribution in [2.24, 2.45) is 0 Å². The first kappa shape index (κ1) is 16.7. The molecular weight excluding hydrogens is 346 g/mol. The molecule has 0 aliphatic heterocycles. The molecule has 2 aromatic carbocycles. The summed E-state index contributed by atoms with van der Waals surface area (Å²) in [5.41, 5.74) is 1.02. The number of carbonyl (C=O) groups is 2. The molecule has 1 aromatic heterocycles. The number of esters is 1. The van der Waals surface area contributed by atoms with Gasteiger partial charge in [-0.15, -0.1) is 5.10 Å². The van der Waals surface area contributed by atoms with Crippen molar-refractivity contribution in [3.63, 3.8) is 0 Å². The van der Waals surface area contributed by atoms with E-state index in [1.807, 2.05) is 18.2 Å². The Balaban J connectivity index is 1.54. The van der Waals surface area contributed by atoms with Gasteiger partial charge in [0.2, 0.25) is 5.89 Å². The van der Waals surface area contributed by atoms with E-state index in [4.69, 9.17) is 20.8 Å². The third-order valence-corrected chi connectivity index (χ3v) is 3.36. The number of benzene rings is 2. The average molecular weight is 358 g/mol. The molecule has 0 bridgehead atoms. The van der Waals surface area contributed by atoms with Gasteiger partial charge in [-0.3, -0.25) is 10.1 Å². The molecule has 25 heavy (non-hydrogen) atoms. The molecule has 0 aliphatic carbocycles. The van der Waals surface area contributed by atoms with E-state index in [9.17, 15) is 9.59 Å². The van der Waals surface area contributed by atoms with E-state index in [-0.39, 0.29) is 11.9 Å². The van der Waals surface area contributed by atoms with E-state index in [1.54, 1.807) is 24.3 Å². The van der Waals surface area contributed by atoms with Crippen molar-refractivity contribution in [3.05, 3.63) is 65.2 Å². The SMILES string of the molecule is O=C(COC(=O)c1ccc(Cl)cc1)Nc1nnc(-c2ccccc2)o1. The molecule has 3 rings (SSSR count). The summed E-state index contributed by atoms with van der Waals surface area (Å²) in [5, 5.41) is 10.4. The minimum Gasteiger partial charge on any atom is -0.452 e. The zero-order valence-corrected chi connectivity index (χ0v) is 13.6. The Morgan fingerprint density at radius 1 is 1.04 bits per heavy atom. The summed E-state index contributed by atoms with van der Waals surface area (Å²) in [4.78, 5) is 23.6. The fourth-order valence-corrected chi connectivity index (χ4v) is 2.05. The topological polar surface area (TPSA) is 94.3 Å². The Hall–Kier alpha value is -3.19. The van der Waals surface area contributed by atoms with Gasteiger partial charge in [0, 0.05) is 10.6 Å².